The smallest absolute Gasteiger partial charge is 0.118 e. The molecule has 0 radical (unpaired) electrons. The van der Waals surface area contributed by atoms with Crippen molar-refractivity contribution in [3.63, 3.8) is 0 Å². The summed E-state index contributed by atoms with van der Waals surface area (Å²) in [4.78, 5) is 0. The van der Waals surface area contributed by atoms with Crippen molar-refractivity contribution in [2.24, 2.45) is 0 Å². The molecule has 1 unspecified atom stereocenters. The monoisotopic (exact) mass is 336 g/mol. The molecule has 0 saturated heterocycles. The van der Waals surface area contributed by atoms with Crippen LogP contribution in [0.4, 0.5) is 0 Å². The van der Waals surface area contributed by atoms with E-state index >= 15 is 0 Å². The molecular formula is C21H21O2P. The summed E-state index contributed by atoms with van der Waals surface area (Å²) in [6, 6.07) is 27.4. The molecule has 122 valence electrons. The fraction of sp³-hybridized carbons (Fsp3) is 0.143. The number of rotatable bonds is 6. The highest BCUT2D eigenvalue weighted by Crippen LogP contribution is 2.40. The Kier molecular flexibility index (Phi) is 5.51. The molecule has 0 N–H and O–H groups in total. The molecule has 24 heavy (non-hydrogen) atoms. The van der Waals surface area contributed by atoms with Crippen molar-refractivity contribution in [2.75, 3.05) is 14.2 Å². The first-order chi connectivity index (χ1) is 11.8. The second-order valence-corrected chi connectivity index (χ2v) is 6.93. The van der Waals surface area contributed by atoms with E-state index in [4.69, 9.17) is 9.47 Å². The lowest BCUT2D eigenvalue weighted by Crippen LogP contribution is -2.02. The quantitative estimate of drug-likeness (QED) is 0.602. The molecule has 0 aliphatic rings. The third-order valence-corrected chi connectivity index (χ3v) is 5.61. The molecule has 3 aromatic carbocycles. The van der Waals surface area contributed by atoms with E-state index in [1.165, 1.54) is 16.4 Å². The van der Waals surface area contributed by atoms with Gasteiger partial charge in [0.1, 0.15) is 11.5 Å². The minimum atomic E-state index is 0.323. The Morgan fingerprint density at radius 2 is 1.08 bits per heavy atom. The second-order valence-electron chi connectivity index (χ2n) is 5.49. The molecule has 0 bridgehead atoms. The fourth-order valence-corrected chi connectivity index (χ4v) is 4.09. The number of benzene rings is 3. The van der Waals surface area contributed by atoms with Gasteiger partial charge in [0, 0.05) is 5.66 Å². The maximum Gasteiger partial charge on any atom is 0.118 e. The van der Waals surface area contributed by atoms with E-state index in [0.29, 0.717) is 14.2 Å². The third kappa shape index (κ3) is 3.96. The topological polar surface area (TPSA) is 18.5 Å². The number of hydrogen-bond acceptors (Lipinski definition) is 2. The average molecular weight is 336 g/mol. The maximum atomic E-state index is 5.29. The summed E-state index contributed by atoms with van der Waals surface area (Å²) in [7, 11) is 4.06. The minimum absolute atomic E-state index is 0.323. The standard InChI is InChI=1S/C21H21O2P/c1-22-18-12-8-16(9-13-18)21(24-20-6-4-3-5-7-20)17-10-14-19(23-2)15-11-17/h3-15,21,24H,1-2H3. The molecule has 3 rings (SSSR count). The molecule has 0 aliphatic heterocycles. The van der Waals surface area contributed by atoms with Crippen LogP contribution < -0.4 is 14.8 Å². The lowest BCUT2D eigenvalue weighted by Gasteiger charge is -2.19. The molecule has 1 atom stereocenters. The van der Waals surface area contributed by atoms with Crippen molar-refractivity contribution < 1.29 is 9.47 Å². The summed E-state index contributed by atoms with van der Waals surface area (Å²) in [6.45, 7) is 0. The summed E-state index contributed by atoms with van der Waals surface area (Å²) in [5.74, 6) is 1.77. The molecule has 0 fully saturated rings. The minimum Gasteiger partial charge on any atom is -0.497 e. The molecule has 3 aromatic rings. The van der Waals surface area contributed by atoms with Gasteiger partial charge in [0.05, 0.1) is 14.2 Å². The van der Waals surface area contributed by atoms with E-state index < -0.39 is 0 Å². The first-order valence-electron chi connectivity index (χ1n) is 7.89. The molecule has 0 amide bonds. The van der Waals surface area contributed by atoms with Gasteiger partial charge < -0.3 is 9.47 Å². The summed E-state index contributed by atoms with van der Waals surface area (Å²) >= 11 is 0. The predicted molar refractivity (Wildman–Crippen MR) is 102 cm³/mol. The Morgan fingerprint density at radius 3 is 1.50 bits per heavy atom. The van der Waals surface area contributed by atoms with Crippen LogP contribution in [0.5, 0.6) is 11.5 Å². The maximum absolute atomic E-state index is 5.29. The van der Waals surface area contributed by atoms with E-state index in [2.05, 4.69) is 54.6 Å². The van der Waals surface area contributed by atoms with Gasteiger partial charge >= 0.3 is 0 Å². The summed E-state index contributed by atoms with van der Waals surface area (Å²) in [5.41, 5.74) is 2.91. The van der Waals surface area contributed by atoms with Crippen LogP contribution in [-0.2, 0) is 0 Å². The van der Waals surface area contributed by atoms with Gasteiger partial charge in [-0.2, -0.15) is 0 Å². The van der Waals surface area contributed by atoms with E-state index in [1.54, 1.807) is 14.2 Å². The van der Waals surface area contributed by atoms with Gasteiger partial charge in [0.2, 0.25) is 0 Å². The molecule has 0 heterocycles. The van der Waals surface area contributed by atoms with Crippen molar-refractivity contribution in [2.45, 2.75) is 5.66 Å². The molecule has 0 aliphatic carbocycles. The lowest BCUT2D eigenvalue weighted by molar-refractivity contribution is 0.414. The van der Waals surface area contributed by atoms with Crippen molar-refractivity contribution in [3.8, 4) is 11.5 Å². The van der Waals surface area contributed by atoms with Crippen LogP contribution in [0.25, 0.3) is 0 Å². The van der Waals surface area contributed by atoms with Crippen molar-refractivity contribution in [3.05, 3.63) is 90.0 Å². The van der Waals surface area contributed by atoms with Crippen LogP contribution in [0.3, 0.4) is 0 Å². The Labute approximate surface area is 145 Å². The predicted octanol–water partition coefficient (Wildman–Crippen LogP) is 4.80. The van der Waals surface area contributed by atoms with Crippen LogP contribution in [0.1, 0.15) is 16.8 Å². The van der Waals surface area contributed by atoms with Gasteiger partial charge in [-0.3, -0.25) is 0 Å². The van der Waals surface area contributed by atoms with Crippen LogP contribution in [0.2, 0.25) is 0 Å². The Morgan fingerprint density at radius 1 is 0.625 bits per heavy atom. The van der Waals surface area contributed by atoms with Gasteiger partial charge in [-0.25, -0.2) is 0 Å². The highest BCUT2D eigenvalue weighted by molar-refractivity contribution is 7.47. The van der Waals surface area contributed by atoms with Gasteiger partial charge in [0.25, 0.3) is 0 Å². The zero-order valence-electron chi connectivity index (χ0n) is 13.9. The number of hydrogen-bond donors (Lipinski definition) is 0. The zero-order chi connectivity index (χ0) is 16.8. The van der Waals surface area contributed by atoms with E-state index in [1.807, 2.05) is 24.3 Å². The highest BCUT2D eigenvalue weighted by atomic mass is 31.1. The fourth-order valence-electron chi connectivity index (χ4n) is 2.65. The van der Waals surface area contributed by atoms with Crippen LogP contribution in [-0.4, -0.2) is 14.2 Å². The van der Waals surface area contributed by atoms with Crippen LogP contribution in [0, 0.1) is 0 Å². The van der Waals surface area contributed by atoms with Crippen LogP contribution >= 0.6 is 8.58 Å². The van der Waals surface area contributed by atoms with Crippen molar-refractivity contribution in [1.29, 1.82) is 0 Å². The van der Waals surface area contributed by atoms with Gasteiger partial charge in [0.15, 0.2) is 0 Å². The summed E-state index contributed by atoms with van der Waals surface area (Å²) in [6.07, 6.45) is 0. The molecule has 3 heteroatoms. The van der Waals surface area contributed by atoms with E-state index in [0.717, 1.165) is 11.5 Å². The summed E-state index contributed by atoms with van der Waals surface area (Å²) in [5, 5.41) is 1.36. The normalized spacial score (nSPS) is 11.1. The first kappa shape index (κ1) is 16.5. The Balaban J connectivity index is 1.95. The zero-order valence-corrected chi connectivity index (χ0v) is 14.9. The van der Waals surface area contributed by atoms with Crippen LogP contribution in [0.15, 0.2) is 78.9 Å². The molecule has 0 saturated carbocycles. The number of ether oxygens (including phenoxy) is 2. The molecule has 0 aromatic heterocycles. The van der Waals surface area contributed by atoms with Crippen molar-refractivity contribution >= 4 is 13.9 Å². The highest BCUT2D eigenvalue weighted by Gasteiger charge is 2.15. The summed E-state index contributed by atoms with van der Waals surface area (Å²) < 4.78 is 10.6. The van der Waals surface area contributed by atoms with E-state index in [9.17, 15) is 0 Å². The lowest BCUT2D eigenvalue weighted by atomic mass is 10.0. The Bertz CT molecular complexity index is 705. The van der Waals surface area contributed by atoms with E-state index in [-0.39, 0.29) is 0 Å². The first-order valence-corrected chi connectivity index (χ1v) is 8.97. The molecule has 0 spiro atoms. The average Bonchev–Trinajstić information content (AvgIpc) is 2.67. The Hall–Kier alpha value is -2.31. The molecular weight excluding hydrogens is 315 g/mol. The number of methoxy groups -OCH3 is 2. The van der Waals surface area contributed by atoms with Gasteiger partial charge in [-0.15, -0.1) is 0 Å². The SMILES string of the molecule is COc1ccc(C(Pc2ccccc2)c2ccc(OC)cc2)cc1. The second kappa shape index (κ2) is 7.99. The molecule has 2 nitrogen and oxygen atoms in total. The third-order valence-electron chi connectivity index (χ3n) is 3.98. The largest absolute Gasteiger partial charge is 0.497 e. The van der Waals surface area contributed by atoms with Crippen molar-refractivity contribution in [1.82, 2.24) is 0 Å². The van der Waals surface area contributed by atoms with Gasteiger partial charge in [-0.1, -0.05) is 63.2 Å². The van der Waals surface area contributed by atoms with Gasteiger partial charge in [-0.05, 0) is 40.7 Å².